The third-order valence-corrected chi connectivity index (χ3v) is 4.00. The highest BCUT2D eigenvalue weighted by Crippen LogP contribution is 2.29. The molecule has 4 nitrogen and oxygen atoms in total. The molecular weight excluding hydrogens is 256 g/mol. The van der Waals surface area contributed by atoms with Gasteiger partial charge in [0.05, 0.1) is 26.4 Å². The molecule has 0 aromatic heterocycles. The summed E-state index contributed by atoms with van der Waals surface area (Å²) in [5, 5.41) is 9.44. The van der Waals surface area contributed by atoms with E-state index < -0.39 is 0 Å². The van der Waals surface area contributed by atoms with Crippen LogP contribution in [0.3, 0.4) is 0 Å². The predicted octanol–water partition coefficient (Wildman–Crippen LogP) is 3.03. The fourth-order valence-corrected chi connectivity index (χ4v) is 1.98. The molecule has 4 heteroatoms. The molecule has 0 aromatic rings. The third-order valence-electron chi connectivity index (χ3n) is 4.00. The monoisotopic (exact) mass is 290 g/mol. The second-order valence-corrected chi connectivity index (χ2v) is 5.31. The molecule has 0 saturated heterocycles. The van der Waals surface area contributed by atoms with E-state index in [0.717, 1.165) is 32.3 Å². The van der Waals surface area contributed by atoms with E-state index in [1.165, 1.54) is 6.42 Å². The highest BCUT2D eigenvalue weighted by molar-refractivity contribution is 4.75. The molecule has 0 unspecified atom stereocenters. The molecule has 0 rings (SSSR count). The first-order valence-corrected chi connectivity index (χ1v) is 8.08. The minimum atomic E-state index is 0.0357. The molecule has 0 amide bonds. The average molecular weight is 290 g/mol. The second-order valence-electron chi connectivity index (χ2n) is 5.31. The molecule has 0 bridgehead atoms. The number of aliphatic hydroxyl groups excluding tert-OH is 1. The Morgan fingerprint density at radius 3 is 1.70 bits per heavy atom. The smallest absolute Gasteiger partial charge is 0.0701 e. The number of hydrogen-bond acceptors (Lipinski definition) is 4. The summed E-state index contributed by atoms with van der Waals surface area (Å²) in [6, 6.07) is 0. The summed E-state index contributed by atoms with van der Waals surface area (Å²) in [4.78, 5) is 0. The minimum Gasteiger partial charge on any atom is -0.396 e. The summed E-state index contributed by atoms with van der Waals surface area (Å²) < 4.78 is 16.4. The van der Waals surface area contributed by atoms with Crippen molar-refractivity contribution in [3.8, 4) is 0 Å². The van der Waals surface area contributed by atoms with Crippen molar-refractivity contribution in [1.82, 2.24) is 0 Å². The first-order chi connectivity index (χ1) is 9.74. The molecule has 0 atom stereocenters. The van der Waals surface area contributed by atoms with Crippen LogP contribution in [0.1, 0.15) is 52.9 Å². The molecule has 0 aliphatic heterocycles. The lowest BCUT2D eigenvalue weighted by Crippen LogP contribution is -2.26. The summed E-state index contributed by atoms with van der Waals surface area (Å²) in [5.74, 6) is 0. The van der Waals surface area contributed by atoms with E-state index in [2.05, 4.69) is 20.8 Å². The van der Waals surface area contributed by atoms with Gasteiger partial charge in [0, 0.05) is 19.8 Å². The Morgan fingerprint density at radius 2 is 1.25 bits per heavy atom. The quantitative estimate of drug-likeness (QED) is 0.471. The van der Waals surface area contributed by atoms with E-state index >= 15 is 0 Å². The highest BCUT2D eigenvalue weighted by atomic mass is 16.5. The Labute approximate surface area is 124 Å². The van der Waals surface area contributed by atoms with Gasteiger partial charge in [-0.15, -0.1) is 0 Å². The molecule has 0 heterocycles. The van der Waals surface area contributed by atoms with Gasteiger partial charge in [-0.2, -0.15) is 0 Å². The van der Waals surface area contributed by atoms with E-state index in [4.69, 9.17) is 14.2 Å². The van der Waals surface area contributed by atoms with E-state index in [1.54, 1.807) is 0 Å². The molecule has 0 radical (unpaired) electrons. The largest absolute Gasteiger partial charge is 0.396 e. The Bertz CT molecular complexity index is 185. The minimum absolute atomic E-state index is 0.0357. The SMILES string of the molecule is CCCCOCCOCCOCCC(CC)(CC)CO. The van der Waals surface area contributed by atoms with Gasteiger partial charge in [-0.25, -0.2) is 0 Å². The zero-order valence-corrected chi connectivity index (χ0v) is 13.7. The Kier molecular flexibility index (Phi) is 13.7. The summed E-state index contributed by atoms with van der Waals surface area (Å²) in [6.07, 6.45) is 5.19. The normalized spacial score (nSPS) is 12.0. The average Bonchev–Trinajstić information content (AvgIpc) is 2.49. The lowest BCUT2D eigenvalue weighted by molar-refractivity contribution is 0.00147. The van der Waals surface area contributed by atoms with Gasteiger partial charge >= 0.3 is 0 Å². The summed E-state index contributed by atoms with van der Waals surface area (Å²) in [7, 11) is 0. The van der Waals surface area contributed by atoms with Gasteiger partial charge in [0.2, 0.25) is 0 Å². The van der Waals surface area contributed by atoms with Crippen LogP contribution in [-0.4, -0.2) is 51.4 Å². The number of ether oxygens (including phenoxy) is 3. The van der Waals surface area contributed by atoms with Crippen LogP contribution in [0.25, 0.3) is 0 Å². The first-order valence-electron chi connectivity index (χ1n) is 8.08. The molecule has 122 valence electrons. The zero-order chi connectivity index (χ0) is 15.1. The van der Waals surface area contributed by atoms with Gasteiger partial charge in [-0.1, -0.05) is 27.2 Å². The fraction of sp³-hybridized carbons (Fsp3) is 1.00. The lowest BCUT2D eigenvalue weighted by atomic mass is 9.80. The Balaban J connectivity index is 3.32. The van der Waals surface area contributed by atoms with Crippen LogP contribution in [0, 0.1) is 5.41 Å². The summed E-state index contributed by atoms with van der Waals surface area (Å²) in [6.45, 7) is 10.7. The van der Waals surface area contributed by atoms with Gasteiger partial charge in [-0.3, -0.25) is 0 Å². The molecule has 1 N–H and O–H groups in total. The van der Waals surface area contributed by atoms with E-state index in [9.17, 15) is 5.11 Å². The highest BCUT2D eigenvalue weighted by Gasteiger charge is 2.24. The number of hydrogen-bond donors (Lipinski definition) is 1. The maximum atomic E-state index is 9.44. The van der Waals surface area contributed by atoms with Crippen molar-refractivity contribution in [3.63, 3.8) is 0 Å². The molecule has 0 spiro atoms. The van der Waals surface area contributed by atoms with Gasteiger partial charge < -0.3 is 19.3 Å². The Morgan fingerprint density at radius 1 is 0.750 bits per heavy atom. The summed E-state index contributed by atoms with van der Waals surface area (Å²) in [5.41, 5.74) is 0.0357. The van der Waals surface area contributed by atoms with Crippen LogP contribution in [0.15, 0.2) is 0 Å². The number of aliphatic hydroxyl groups is 1. The van der Waals surface area contributed by atoms with E-state index in [0.29, 0.717) is 33.0 Å². The van der Waals surface area contributed by atoms with Crippen LogP contribution in [0.5, 0.6) is 0 Å². The first kappa shape index (κ1) is 19.8. The molecule has 0 aliphatic carbocycles. The number of unbranched alkanes of at least 4 members (excludes halogenated alkanes) is 1. The van der Waals surface area contributed by atoms with Crippen molar-refractivity contribution in [1.29, 1.82) is 0 Å². The van der Waals surface area contributed by atoms with Gasteiger partial charge in [0.25, 0.3) is 0 Å². The molecule has 0 aromatic carbocycles. The van der Waals surface area contributed by atoms with Gasteiger partial charge in [0.1, 0.15) is 0 Å². The second kappa shape index (κ2) is 13.8. The van der Waals surface area contributed by atoms with Crippen molar-refractivity contribution in [2.24, 2.45) is 5.41 Å². The van der Waals surface area contributed by atoms with E-state index in [1.807, 2.05) is 0 Å². The predicted molar refractivity (Wildman–Crippen MR) is 82.1 cm³/mol. The van der Waals surface area contributed by atoms with Crippen molar-refractivity contribution >= 4 is 0 Å². The maximum Gasteiger partial charge on any atom is 0.0701 e. The third kappa shape index (κ3) is 9.70. The topological polar surface area (TPSA) is 47.9 Å². The number of rotatable bonds is 15. The van der Waals surface area contributed by atoms with Crippen LogP contribution in [0.2, 0.25) is 0 Å². The van der Waals surface area contributed by atoms with Crippen LogP contribution in [0.4, 0.5) is 0 Å². The van der Waals surface area contributed by atoms with Crippen molar-refractivity contribution in [2.75, 3.05) is 46.2 Å². The van der Waals surface area contributed by atoms with Gasteiger partial charge in [-0.05, 0) is 31.1 Å². The Hall–Kier alpha value is -0.160. The lowest BCUT2D eigenvalue weighted by Gasteiger charge is -2.29. The van der Waals surface area contributed by atoms with Crippen LogP contribution < -0.4 is 0 Å². The van der Waals surface area contributed by atoms with E-state index in [-0.39, 0.29) is 12.0 Å². The van der Waals surface area contributed by atoms with Crippen LogP contribution >= 0.6 is 0 Å². The molecule has 0 aliphatic rings. The fourth-order valence-electron chi connectivity index (χ4n) is 1.98. The van der Waals surface area contributed by atoms with Crippen molar-refractivity contribution < 1.29 is 19.3 Å². The zero-order valence-electron chi connectivity index (χ0n) is 13.7. The molecule has 0 saturated carbocycles. The molecule has 20 heavy (non-hydrogen) atoms. The van der Waals surface area contributed by atoms with Crippen molar-refractivity contribution in [3.05, 3.63) is 0 Å². The molecular formula is C16H34O4. The molecule has 0 fully saturated rings. The van der Waals surface area contributed by atoms with Gasteiger partial charge in [0.15, 0.2) is 0 Å². The van der Waals surface area contributed by atoms with Crippen molar-refractivity contribution in [2.45, 2.75) is 52.9 Å². The van der Waals surface area contributed by atoms with Crippen LogP contribution in [-0.2, 0) is 14.2 Å². The summed E-state index contributed by atoms with van der Waals surface area (Å²) >= 11 is 0. The standard InChI is InChI=1S/C16H34O4/c1-4-7-9-18-11-13-20-14-12-19-10-8-16(5-2,6-3)15-17/h17H,4-15H2,1-3H3. The maximum absolute atomic E-state index is 9.44.